The Labute approximate surface area is 103 Å². The van der Waals surface area contributed by atoms with Crippen molar-refractivity contribution in [3.63, 3.8) is 0 Å². The van der Waals surface area contributed by atoms with Crippen LogP contribution in [0.3, 0.4) is 0 Å². The van der Waals surface area contributed by atoms with Crippen molar-refractivity contribution in [1.82, 2.24) is 0 Å². The Balaban J connectivity index is 5.00. The van der Waals surface area contributed by atoms with Gasteiger partial charge in [0.25, 0.3) is 0 Å². The molecule has 0 bridgehead atoms. The van der Waals surface area contributed by atoms with Gasteiger partial charge in [0.1, 0.15) is 0 Å². The van der Waals surface area contributed by atoms with Crippen LogP contribution in [0.5, 0.6) is 0 Å². The van der Waals surface area contributed by atoms with Crippen LogP contribution in [-0.4, -0.2) is 18.0 Å². The molecule has 0 heterocycles. The average Bonchev–Trinajstić information content (AvgIpc) is 1.98. The van der Waals surface area contributed by atoms with Gasteiger partial charge in [-0.05, 0) is 32.4 Å². The molecule has 0 aromatic carbocycles. The summed E-state index contributed by atoms with van der Waals surface area (Å²) in [6.07, 6.45) is 3.83. The van der Waals surface area contributed by atoms with Crippen LogP contribution >= 0.6 is 23.4 Å². The molecule has 0 radical (unpaired) electrons. The van der Waals surface area contributed by atoms with Crippen molar-refractivity contribution >= 4 is 29.6 Å². The minimum atomic E-state index is -0.0679. The monoisotopic (exact) mass is 247 g/mol. The molecule has 3 heteroatoms. The van der Waals surface area contributed by atoms with Gasteiger partial charge < -0.3 is 0 Å². The lowest BCUT2D eigenvalue weighted by molar-refractivity contribution is 0.533. The molecule has 0 aliphatic rings. The van der Waals surface area contributed by atoms with Crippen molar-refractivity contribution in [2.75, 3.05) is 6.26 Å². The van der Waals surface area contributed by atoms with E-state index in [4.69, 9.17) is 11.6 Å². The zero-order chi connectivity index (χ0) is 12.3. The van der Waals surface area contributed by atoms with Crippen LogP contribution in [0, 0.1) is 5.41 Å². The van der Waals surface area contributed by atoms with Gasteiger partial charge in [0, 0.05) is 11.1 Å². The standard InChI is InChI=1S/C12H22ClNS/c1-11(2,3)10(15-7)9(13)8-14-12(4,5)6/h8H,1-7H3/b10-9+,14-8?. The first-order chi connectivity index (χ1) is 6.58. The molecule has 0 unspecified atom stereocenters. The number of rotatable bonds is 2. The topological polar surface area (TPSA) is 12.4 Å². The molecule has 0 fully saturated rings. The zero-order valence-electron chi connectivity index (χ0n) is 10.8. The summed E-state index contributed by atoms with van der Waals surface area (Å²) in [6.45, 7) is 12.7. The summed E-state index contributed by atoms with van der Waals surface area (Å²) in [5, 5.41) is 0.755. The average molecular weight is 248 g/mol. The maximum Gasteiger partial charge on any atom is 0.0684 e. The highest BCUT2D eigenvalue weighted by molar-refractivity contribution is 8.02. The molecule has 88 valence electrons. The SMILES string of the molecule is CS/C(=C(/Cl)C=NC(C)(C)C)C(C)(C)C. The van der Waals surface area contributed by atoms with E-state index >= 15 is 0 Å². The van der Waals surface area contributed by atoms with Gasteiger partial charge in [-0.15, -0.1) is 11.8 Å². The summed E-state index contributed by atoms with van der Waals surface area (Å²) in [4.78, 5) is 5.59. The number of hydrogen-bond acceptors (Lipinski definition) is 2. The van der Waals surface area contributed by atoms with Gasteiger partial charge in [-0.3, -0.25) is 4.99 Å². The predicted molar refractivity (Wildman–Crippen MR) is 74.1 cm³/mol. The first-order valence-corrected chi connectivity index (χ1v) is 6.67. The molecule has 0 aromatic heterocycles. The van der Waals surface area contributed by atoms with Crippen molar-refractivity contribution in [1.29, 1.82) is 0 Å². The Morgan fingerprint density at radius 1 is 1.13 bits per heavy atom. The molecule has 1 nitrogen and oxygen atoms in total. The van der Waals surface area contributed by atoms with E-state index in [2.05, 4.69) is 46.5 Å². The fourth-order valence-electron chi connectivity index (χ4n) is 1.07. The third-order valence-electron chi connectivity index (χ3n) is 1.67. The van der Waals surface area contributed by atoms with Crippen LogP contribution in [-0.2, 0) is 0 Å². The Kier molecular flexibility index (Phi) is 5.42. The summed E-state index contributed by atoms with van der Waals surface area (Å²) in [5.41, 5.74) is 0.0158. The predicted octanol–water partition coefficient (Wildman–Crippen LogP) is 4.72. The van der Waals surface area contributed by atoms with E-state index in [1.165, 1.54) is 4.91 Å². The van der Waals surface area contributed by atoms with E-state index in [1.807, 2.05) is 6.26 Å². The Morgan fingerprint density at radius 2 is 1.60 bits per heavy atom. The van der Waals surface area contributed by atoms with Crippen molar-refractivity contribution in [2.24, 2.45) is 10.4 Å². The number of thioether (sulfide) groups is 1. The van der Waals surface area contributed by atoms with Crippen LogP contribution in [0.2, 0.25) is 0 Å². The molecule has 0 spiro atoms. The molecular formula is C12H22ClNS. The van der Waals surface area contributed by atoms with E-state index in [9.17, 15) is 0 Å². The van der Waals surface area contributed by atoms with E-state index in [0.717, 1.165) is 5.03 Å². The molecule has 0 rings (SSSR count). The molecule has 0 saturated carbocycles. The van der Waals surface area contributed by atoms with Crippen molar-refractivity contribution in [3.8, 4) is 0 Å². The lowest BCUT2D eigenvalue weighted by Gasteiger charge is -2.22. The fourth-order valence-corrected chi connectivity index (χ4v) is 2.49. The summed E-state index contributed by atoms with van der Waals surface area (Å²) in [5.74, 6) is 0. The quantitative estimate of drug-likeness (QED) is 0.644. The Hall–Kier alpha value is 0.0500. The van der Waals surface area contributed by atoms with Crippen LogP contribution < -0.4 is 0 Å². The summed E-state index contributed by atoms with van der Waals surface area (Å²) in [7, 11) is 0. The number of hydrogen-bond donors (Lipinski definition) is 0. The normalized spacial score (nSPS) is 15.7. The number of aliphatic imine (C=N–C) groups is 1. The highest BCUT2D eigenvalue weighted by atomic mass is 35.5. The van der Waals surface area contributed by atoms with E-state index in [-0.39, 0.29) is 11.0 Å². The zero-order valence-corrected chi connectivity index (χ0v) is 12.4. The highest BCUT2D eigenvalue weighted by Crippen LogP contribution is 2.36. The molecule has 0 N–H and O–H groups in total. The Bertz CT molecular complexity index is 266. The lowest BCUT2D eigenvalue weighted by atomic mass is 9.96. The fraction of sp³-hybridized carbons (Fsp3) is 0.750. The minimum Gasteiger partial charge on any atom is -0.286 e. The second-order valence-corrected chi connectivity index (χ2v) is 6.78. The molecule has 0 amide bonds. The van der Waals surface area contributed by atoms with Gasteiger partial charge in [-0.25, -0.2) is 0 Å². The van der Waals surface area contributed by atoms with Crippen LogP contribution in [0.15, 0.2) is 14.9 Å². The molecule has 0 aliphatic carbocycles. The Morgan fingerprint density at radius 3 is 1.87 bits per heavy atom. The minimum absolute atomic E-state index is 0.0679. The van der Waals surface area contributed by atoms with Gasteiger partial charge in [-0.2, -0.15) is 0 Å². The third kappa shape index (κ3) is 6.26. The maximum atomic E-state index is 6.25. The molecule has 0 aromatic rings. The number of halogens is 1. The van der Waals surface area contributed by atoms with Gasteiger partial charge in [0.05, 0.1) is 10.6 Å². The molecule has 0 aliphatic heterocycles. The summed E-state index contributed by atoms with van der Waals surface area (Å²) in [6, 6.07) is 0. The summed E-state index contributed by atoms with van der Waals surface area (Å²) >= 11 is 7.94. The largest absolute Gasteiger partial charge is 0.286 e. The van der Waals surface area contributed by atoms with Crippen molar-refractivity contribution in [2.45, 2.75) is 47.1 Å². The number of allylic oxidation sites excluding steroid dienone is 2. The molecule has 0 saturated heterocycles. The van der Waals surface area contributed by atoms with Crippen LogP contribution in [0.25, 0.3) is 0 Å². The van der Waals surface area contributed by atoms with E-state index < -0.39 is 0 Å². The molecule has 0 atom stereocenters. The maximum absolute atomic E-state index is 6.25. The highest BCUT2D eigenvalue weighted by Gasteiger charge is 2.19. The van der Waals surface area contributed by atoms with Crippen molar-refractivity contribution < 1.29 is 0 Å². The summed E-state index contributed by atoms with van der Waals surface area (Å²) < 4.78 is 0. The second-order valence-electron chi connectivity index (χ2n) is 5.56. The lowest BCUT2D eigenvalue weighted by Crippen LogP contribution is -2.11. The van der Waals surface area contributed by atoms with Crippen LogP contribution in [0.4, 0.5) is 0 Å². The smallest absolute Gasteiger partial charge is 0.0684 e. The molecular weight excluding hydrogens is 226 g/mol. The van der Waals surface area contributed by atoms with Crippen LogP contribution in [0.1, 0.15) is 41.5 Å². The van der Waals surface area contributed by atoms with Gasteiger partial charge in [0.2, 0.25) is 0 Å². The van der Waals surface area contributed by atoms with Gasteiger partial charge in [-0.1, -0.05) is 32.4 Å². The molecule has 15 heavy (non-hydrogen) atoms. The second kappa shape index (κ2) is 5.40. The van der Waals surface area contributed by atoms with Gasteiger partial charge in [0.15, 0.2) is 0 Å². The van der Waals surface area contributed by atoms with Gasteiger partial charge >= 0.3 is 0 Å². The first kappa shape index (κ1) is 15.0. The van der Waals surface area contributed by atoms with E-state index in [1.54, 1.807) is 18.0 Å². The first-order valence-electron chi connectivity index (χ1n) is 5.07. The van der Waals surface area contributed by atoms with Crippen molar-refractivity contribution in [3.05, 3.63) is 9.94 Å². The number of nitrogens with zero attached hydrogens (tertiary/aromatic N) is 1. The van der Waals surface area contributed by atoms with E-state index in [0.29, 0.717) is 0 Å². The third-order valence-corrected chi connectivity index (χ3v) is 3.31.